The number of nitrogens with one attached hydrogen (secondary N) is 4. The summed E-state index contributed by atoms with van der Waals surface area (Å²) in [7, 11) is 0. The van der Waals surface area contributed by atoms with Gasteiger partial charge in [-0.15, -0.1) is 0 Å². The van der Waals surface area contributed by atoms with E-state index in [9.17, 15) is 29.1 Å². The number of primary amides is 1. The van der Waals surface area contributed by atoms with Crippen molar-refractivity contribution in [3.63, 3.8) is 0 Å². The summed E-state index contributed by atoms with van der Waals surface area (Å²) in [4.78, 5) is 72.2. The number of amides is 4. The molecule has 0 aliphatic carbocycles. The number of carboxylic acids is 1. The molecule has 13 N–H and O–H groups in total. The smallest absolute Gasteiger partial charge is 0.326 e. The zero-order chi connectivity index (χ0) is 29.5. The van der Waals surface area contributed by atoms with Crippen molar-refractivity contribution < 1.29 is 29.1 Å². The number of nitrogens with zero attached hydrogens (tertiary/aromatic N) is 2. The zero-order valence-corrected chi connectivity index (χ0v) is 22.2. The Balaban J connectivity index is 3.02. The first-order valence-electron chi connectivity index (χ1n) is 12.5. The number of aliphatic carboxylic acids is 1. The highest BCUT2D eigenvalue weighted by molar-refractivity contribution is 5.94. The fourth-order valence-electron chi connectivity index (χ4n) is 3.54. The molecule has 4 unspecified atom stereocenters. The fourth-order valence-corrected chi connectivity index (χ4v) is 3.54. The molecule has 4 amide bonds. The number of aromatic amines is 1. The Labute approximate surface area is 226 Å². The third-order valence-electron chi connectivity index (χ3n) is 5.55. The Hall–Kier alpha value is -4.21. The molecule has 1 heterocycles. The zero-order valence-electron chi connectivity index (χ0n) is 22.2. The summed E-state index contributed by atoms with van der Waals surface area (Å²) in [6, 6.07) is -4.58. The van der Waals surface area contributed by atoms with E-state index in [4.69, 9.17) is 22.9 Å². The van der Waals surface area contributed by atoms with Crippen molar-refractivity contribution in [3.8, 4) is 0 Å². The number of H-pyrrole nitrogens is 1. The number of carbonyl (C=O) groups is 5. The second-order valence-corrected chi connectivity index (χ2v) is 9.49. The minimum absolute atomic E-state index is 0.00179. The number of rotatable bonds is 18. The van der Waals surface area contributed by atoms with E-state index < -0.39 is 53.8 Å². The highest BCUT2D eigenvalue weighted by Gasteiger charge is 2.31. The molecule has 1 rings (SSSR count). The van der Waals surface area contributed by atoms with Crippen LogP contribution in [-0.2, 0) is 30.4 Å². The first-order chi connectivity index (χ1) is 18.3. The van der Waals surface area contributed by atoms with Gasteiger partial charge in [-0.25, -0.2) is 9.78 Å². The first kappa shape index (κ1) is 32.8. The van der Waals surface area contributed by atoms with E-state index in [1.54, 1.807) is 0 Å². The van der Waals surface area contributed by atoms with Gasteiger partial charge >= 0.3 is 5.97 Å². The van der Waals surface area contributed by atoms with Gasteiger partial charge in [0.2, 0.25) is 23.6 Å². The molecule has 1 aromatic heterocycles. The third-order valence-corrected chi connectivity index (χ3v) is 5.55. The van der Waals surface area contributed by atoms with Crippen LogP contribution in [-0.4, -0.2) is 81.3 Å². The van der Waals surface area contributed by atoms with Crippen molar-refractivity contribution in [2.24, 2.45) is 33.8 Å². The maximum atomic E-state index is 13.2. The number of aliphatic imine (C=N–C) groups is 1. The Kier molecular flexibility index (Phi) is 14.0. The lowest BCUT2D eigenvalue weighted by Gasteiger charge is -2.26. The SMILES string of the molecule is CC(C)CC(NC(=O)C(N)CCC(N)=O)C(=O)NC(Cc1cnc[nH]1)C(=O)NC(CCCN=C(N)N)C(=O)O. The molecule has 4 atom stereocenters. The van der Waals surface area contributed by atoms with E-state index in [2.05, 4.69) is 30.9 Å². The van der Waals surface area contributed by atoms with Gasteiger partial charge in [-0.05, 0) is 31.6 Å². The molecule has 0 saturated carbocycles. The van der Waals surface area contributed by atoms with Crippen LogP contribution in [0.5, 0.6) is 0 Å². The number of nitrogens with two attached hydrogens (primary N) is 4. The van der Waals surface area contributed by atoms with Crippen molar-refractivity contribution in [2.45, 2.75) is 76.5 Å². The van der Waals surface area contributed by atoms with Gasteiger partial charge in [0.25, 0.3) is 0 Å². The number of carboxylic acid groups (broad SMARTS) is 1. The summed E-state index contributed by atoms with van der Waals surface area (Å²) < 4.78 is 0. The standard InChI is InChI=1S/C23H40N10O6/c1-12(2)8-16(32-19(35)14(24)5-6-18(25)34)20(36)33-17(9-13-10-28-11-30-13)21(37)31-15(22(38)39)4-3-7-29-23(26)27/h10-12,14-17H,3-9,24H2,1-2H3,(H2,25,34)(H,28,30)(H,31,37)(H,32,35)(H,33,36)(H,38,39)(H4,26,27,29). The first-order valence-corrected chi connectivity index (χ1v) is 12.5. The van der Waals surface area contributed by atoms with Crippen molar-refractivity contribution >= 4 is 35.6 Å². The van der Waals surface area contributed by atoms with Crippen LogP contribution >= 0.6 is 0 Å². The second-order valence-electron chi connectivity index (χ2n) is 9.49. The van der Waals surface area contributed by atoms with Gasteiger partial charge in [-0.1, -0.05) is 13.8 Å². The van der Waals surface area contributed by atoms with Gasteiger partial charge in [0.05, 0.1) is 12.4 Å². The van der Waals surface area contributed by atoms with Crippen molar-refractivity contribution in [1.82, 2.24) is 25.9 Å². The fraction of sp³-hybridized carbons (Fsp3) is 0.609. The lowest BCUT2D eigenvalue weighted by molar-refractivity contribution is -0.142. The van der Waals surface area contributed by atoms with E-state index in [0.29, 0.717) is 5.69 Å². The van der Waals surface area contributed by atoms with E-state index in [1.807, 2.05) is 13.8 Å². The van der Waals surface area contributed by atoms with E-state index in [0.717, 1.165) is 0 Å². The van der Waals surface area contributed by atoms with Crippen LogP contribution < -0.4 is 38.9 Å². The molecule has 16 nitrogen and oxygen atoms in total. The van der Waals surface area contributed by atoms with Gasteiger partial charge in [0, 0.05) is 31.3 Å². The van der Waals surface area contributed by atoms with Crippen LogP contribution in [0.2, 0.25) is 0 Å². The quantitative estimate of drug-likeness (QED) is 0.0511. The average molecular weight is 553 g/mol. The van der Waals surface area contributed by atoms with Crippen LogP contribution in [0.1, 0.15) is 51.6 Å². The molecule has 0 saturated heterocycles. The molecule has 0 fully saturated rings. The molecule has 0 bridgehead atoms. The van der Waals surface area contributed by atoms with E-state index >= 15 is 0 Å². The average Bonchev–Trinajstić information content (AvgIpc) is 3.35. The monoisotopic (exact) mass is 552 g/mol. The number of aromatic nitrogens is 2. The van der Waals surface area contributed by atoms with Crippen LogP contribution in [0, 0.1) is 5.92 Å². The molecular weight excluding hydrogens is 512 g/mol. The molecule has 16 heteroatoms. The molecule has 0 spiro atoms. The van der Waals surface area contributed by atoms with Gasteiger partial charge in [0.15, 0.2) is 5.96 Å². The van der Waals surface area contributed by atoms with E-state index in [1.165, 1.54) is 12.5 Å². The molecular formula is C23H40N10O6. The van der Waals surface area contributed by atoms with Gasteiger partial charge in [0.1, 0.15) is 18.1 Å². The van der Waals surface area contributed by atoms with Crippen molar-refractivity contribution in [1.29, 1.82) is 0 Å². The van der Waals surface area contributed by atoms with Gasteiger partial charge in [-0.3, -0.25) is 24.2 Å². The van der Waals surface area contributed by atoms with Crippen LogP contribution in [0.3, 0.4) is 0 Å². The molecule has 0 aliphatic heterocycles. The molecule has 0 aliphatic rings. The number of imidazole rings is 1. The Morgan fingerprint density at radius 3 is 2.13 bits per heavy atom. The van der Waals surface area contributed by atoms with Crippen molar-refractivity contribution in [3.05, 3.63) is 18.2 Å². The summed E-state index contributed by atoms with van der Waals surface area (Å²) >= 11 is 0. The molecule has 218 valence electrons. The number of guanidine groups is 1. The predicted molar refractivity (Wildman–Crippen MR) is 141 cm³/mol. The Morgan fingerprint density at radius 1 is 0.974 bits per heavy atom. The highest BCUT2D eigenvalue weighted by atomic mass is 16.4. The number of hydrogen-bond donors (Lipinski definition) is 9. The summed E-state index contributed by atoms with van der Waals surface area (Å²) in [5, 5.41) is 17.2. The number of hydrogen-bond acceptors (Lipinski definition) is 8. The molecule has 1 aromatic rings. The topological polar surface area (TPSA) is 287 Å². The second kappa shape index (κ2) is 16.6. The molecule has 0 radical (unpaired) electrons. The summed E-state index contributed by atoms with van der Waals surface area (Å²) in [5.74, 6) is -4.11. The number of carbonyl (C=O) groups excluding carboxylic acids is 4. The minimum atomic E-state index is -1.27. The van der Waals surface area contributed by atoms with Crippen LogP contribution in [0.4, 0.5) is 0 Å². The van der Waals surface area contributed by atoms with E-state index in [-0.39, 0.29) is 56.9 Å². The van der Waals surface area contributed by atoms with Crippen LogP contribution in [0.15, 0.2) is 17.5 Å². The predicted octanol–water partition coefficient (Wildman–Crippen LogP) is -2.82. The van der Waals surface area contributed by atoms with Crippen molar-refractivity contribution in [2.75, 3.05) is 6.54 Å². The lowest BCUT2D eigenvalue weighted by Crippen LogP contribution is -2.58. The highest BCUT2D eigenvalue weighted by Crippen LogP contribution is 2.09. The Bertz CT molecular complexity index is 994. The lowest BCUT2D eigenvalue weighted by atomic mass is 10.0. The Morgan fingerprint density at radius 2 is 1.59 bits per heavy atom. The van der Waals surface area contributed by atoms with Crippen LogP contribution in [0.25, 0.3) is 0 Å². The summed E-state index contributed by atoms with van der Waals surface area (Å²) in [6.07, 6.45) is 3.27. The minimum Gasteiger partial charge on any atom is -0.480 e. The van der Waals surface area contributed by atoms with Gasteiger partial charge < -0.3 is 49.0 Å². The maximum Gasteiger partial charge on any atom is 0.326 e. The largest absolute Gasteiger partial charge is 0.480 e. The maximum absolute atomic E-state index is 13.2. The van der Waals surface area contributed by atoms with Gasteiger partial charge in [-0.2, -0.15) is 0 Å². The summed E-state index contributed by atoms with van der Waals surface area (Å²) in [6.45, 7) is 3.86. The summed E-state index contributed by atoms with van der Waals surface area (Å²) in [5.41, 5.74) is 22.0. The molecule has 39 heavy (non-hydrogen) atoms. The normalized spacial score (nSPS) is 13.9. The molecule has 0 aromatic carbocycles. The third kappa shape index (κ3) is 13.2.